The van der Waals surface area contributed by atoms with Crippen molar-refractivity contribution < 1.29 is 9.53 Å². The van der Waals surface area contributed by atoms with Crippen molar-refractivity contribution in [1.29, 1.82) is 0 Å². The monoisotopic (exact) mass is 377 g/mol. The van der Waals surface area contributed by atoms with E-state index >= 15 is 0 Å². The van der Waals surface area contributed by atoms with Crippen molar-refractivity contribution in [3.8, 4) is 5.75 Å². The minimum atomic E-state index is 0.0529. The molecule has 1 fully saturated rings. The number of carbonyl (C=O) groups is 1. The summed E-state index contributed by atoms with van der Waals surface area (Å²) in [4.78, 5) is 13.5. The molecule has 2 aromatic rings. The molecule has 0 spiro atoms. The van der Waals surface area contributed by atoms with Crippen molar-refractivity contribution in [2.75, 3.05) is 17.3 Å². The predicted molar refractivity (Wildman–Crippen MR) is 103 cm³/mol. The fourth-order valence-electron chi connectivity index (χ4n) is 2.50. The molecule has 3 rings (SSSR count). The SMILES string of the molecule is CC(=O)N(c1nnc(SCCCOc2cc(C)ccc2C)s1)C1CC1. The Morgan fingerprint density at radius 2 is 2.16 bits per heavy atom. The highest BCUT2D eigenvalue weighted by molar-refractivity contribution is 8.01. The van der Waals surface area contributed by atoms with Crippen molar-refractivity contribution in [2.45, 2.75) is 50.4 Å². The first-order valence-electron chi connectivity index (χ1n) is 8.51. The summed E-state index contributed by atoms with van der Waals surface area (Å²) < 4.78 is 6.78. The summed E-state index contributed by atoms with van der Waals surface area (Å²) in [5, 5.41) is 9.12. The molecular formula is C18H23N3O2S2. The number of thioether (sulfide) groups is 1. The lowest BCUT2D eigenvalue weighted by Gasteiger charge is -2.15. The standard InChI is InChI=1S/C18H23N3O2S2/c1-12-5-6-13(2)16(11-12)23-9-4-10-24-18-20-19-17(25-18)21(14(3)22)15-7-8-15/h5-6,11,15H,4,7-10H2,1-3H3. The van der Waals surface area contributed by atoms with Crippen LogP contribution < -0.4 is 9.64 Å². The van der Waals surface area contributed by atoms with Gasteiger partial charge < -0.3 is 4.74 Å². The molecule has 134 valence electrons. The summed E-state index contributed by atoms with van der Waals surface area (Å²) in [5.41, 5.74) is 2.37. The average molecular weight is 378 g/mol. The van der Waals surface area contributed by atoms with Crippen LogP contribution in [-0.2, 0) is 4.79 Å². The van der Waals surface area contributed by atoms with E-state index in [1.807, 2.05) is 0 Å². The van der Waals surface area contributed by atoms with Crippen LogP contribution in [0.15, 0.2) is 22.5 Å². The smallest absolute Gasteiger partial charge is 0.225 e. The van der Waals surface area contributed by atoms with E-state index in [0.717, 1.165) is 45.8 Å². The van der Waals surface area contributed by atoms with Crippen LogP contribution in [0.4, 0.5) is 5.13 Å². The zero-order valence-corrected chi connectivity index (χ0v) is 16.5. The molecule has 1 saturated carbocycles. The number of anilines is 1. The number of amides is 1. The number of aromatic nitrogens is 2. The predicted octanol–water partition coefficient (Wildman–Crippen LogP) is 4.23. The quantitative estimate of drug-likeness (QED) is 0.391. The Kier molecular flexibility index (Phi) is 5.96. The fraction of sp³-hybridized carbons (Fsp3) is 0.500. The Bertz CT molecular complexity index is 744. The Hall–Kier alpha value is -1.60. The van der Waals surface area contributed by atoms with Crippen LogP contribution in [0.1, 0.15) is 37.3 Å². The lowest BCUT2D eigenvalue weighted by atomic mass is 10.1. The summed E-state index contributed by atoms with van der Waals surface area (Å²) >= 11 is 3.17. The van der Waals surface area contributed by atoms with E-state index in [1.54, 1.807) is 23.6 Å². The van der Waals surface area contributed by atoms with E-state index in [9.17, 15) is 4.79 Å². The molecule has 0 radical (unpaired) electrons. The maximum Gasteiger partial charge on any atom is 0.225 e. The van der Waals surface area contributed by atoms with Gasteiger partial charge in [-0.25, -0.2) is 0 Å². The first kappa shape index (κ1) is 18.2. The number of benzene rings is 1. The van der Waals surface area contributed by atoms with Crippen molar-refractivity contribution in [2.24, 2.45) is 0 Å². The Morgan fingerprint density at radius 3 is 2.88 bits per heavy atom. The lowest BCUT2D eigenvalue weighted by Crippen LogP contribution is -2.30. The van der Waals surface area contributed by atoms with Crippen LogP contribution in [0.5, 0.6) is 5.75 Å². The van der Waals surface area contributed by atoms with E-state index in [4.69, 9.17) is 4.74 Å². The number of hydrogen-bond acceptors (Lipinski definition) is 6. The van der Waals surface area contributed by atoms with E-state index in [2.05, 4.69) is 42.2 Å². The van der Waals surface area contributed by atoms with Crippen LogP contribution in [0.3, 0.4) is 0 Å². The van der Waals surface area contributed by atoms with E-state index in [-0.39, 0.29) is 5.91 Å². The third-order valence-corrected chi connectivity index (χ3v) is 6.11. The normalized spacial score (nSPS) is 13.7. The van der Waals surface area contributed by atoms with E-state index in [1.165, 1.54) is 16.9 Å². The molecule has 0 atom stereocenters. The number of carbonyl (C=O) groups excluding carboxylic acids is 1. The van der Waals surface area contributed by atoms with Gasteiger partial charge in [-0.1, -0.05) is 35.2 Å². The van der Waals surface area contributed by atoms with Crippen LogP contribution in [0.2, 0.25) is 0 Å². The first-order valence-corrected chi connectivity index (χ1v) is 10.3. The number of rotatable bonds is 8. The number of nitrogens with zero attached hydrogens (tertiary/aromatic N) is 3. The molecule has 1 aliphatic carbocycles. The molecule has 0 bridgehead atoms. The third kappa shape index (κ3) is 4.95. The molecule has 1 heterocycles. The Morgan fingerprint density at radius 1 is 1.36 bits per heavy atom. The van der Waals surface area contributed by atoms with Gasteiger partial charge in [-0.15, -0.1) is 10.2 Å². The van der Waals surface area contributed by atoms with Crippen molar-refractivity contribution >= 4 is 34.1 Å². The highest BCUT2D eigenvalue weighted by Crippen LogP contribution is 2.35. The highest BCUT2D eigenvalue weighted by Gasteiger charge is 2.34. The number of ether oxygens (including phenoxy) is 1. The third-order valence-electron chi connectivity index (χ3n) is 3.97. The molecule has 0 saturated heterocycles. The summed E-state index contributed by atoms with van der Waals surface area (Å²) in [6, 6.07) is 6.59. The summed E-state index contributed by atoms with van der Waals surface area (Å²) in [7, 11) is 0. The zero-order valence-electron chi connectivity index (χ0n) is 14.8. The van der Waals surface area contributed by atoms with Gasteiger partial charge in [0, 0.05) is 18.7 Å². The first-order chi connectivity index (χ1) is 12.0. The highest BCUT2D eigenvalue weighted by atomic mass is 32.2. The Labute approximate surface area is 156 Å². The molecule has 0 N–H and O–H groups in total. The summed E-state index contributed by atoms with van der Waals surface area (Å²) in [6.45, 7) is 6.41. The molecule has 0 unspecified atom stereocenters. The molecule has 1 aliphatic rings. The van der Waals surface area contributed by atoms with Gasteiger partial charge in [0.15, 0.2) is 4.34 Å². The Balaban J connectivity index is 1.43. The average Bonchev–Trinajstić information content (AvgIpc) is 3.28. The molecule has 1 aromatic carbocycles. The number of hydrogen-bond donors (Lipinski definition) is 0. The van der Waals surface area contributed by atoms with Crippen LogP contribution in [0, 0.1) is 13.8 Å². The summed E-state index contributed by atoms with van der Waals surface area (Å²) in [6.07, 6.45) is 3.07. The van der Waals surface area contributed by atoms with Gasteiger partial charge in [-0.2, -0.15) is 0 Å². The second kappa shape index (κ2) is 8.19. The van der Waals surface area contributed by atoms with Crippen molar-refractivity contribution in [1.82, 2.24) is 10.2 Å². The minimum absolute atomic E-state index is 0.0529. The van der Waals surface area contributed by atoms with Gasteiger partial charge in [0.25, 0.3) is 0 Å². The van der Waals surface area contributed by atoms with Crippen molar-refractivity contribution in [3.63, 3.8) is 0 Å². The second-order valence-electron chi connectivity index (χ2n) is 6.29. The van der Waals surface area contributed by atoms with Gasteiger partial charge in [0.2, 0.25) is 11.0 Å². The van der Waals surface area contributed by atoms with Gasteiger partial charge in [0.1, 0.15) is 5.75 Å². The van der Waals surface area contributed by atoms with Gasteiger partial charge >= 0.3 is 0 Å². The molecular weight excluding hydrogens is 354 g/mol. The van der Waals surface area contributed by atoms with Gasteiger partial charge in [-0.05, 0) is 50.3 Å². The van der Waals surface area contributed by atoms with Crippen molar-refractivity contribution in [3.05, 3.63) is 29.3 Å². The molecule has 1 aromatic heterocycles. The van der Waals surface area contributed by atoms with Crippen LogP contribution >= 0.6 is 23.1 Å². The lowest BCUT2D eigenvalue weighted by molar-refractivity contribution is -0.116. The molecule has 5 nitrogen and oxygen atoms in total. The minimum Gasteiger partial charge on any atom is -0.493 e. The van der Waals surface area contributed by atoms with E-state index < -0.39 is 0 Å². The maximum atomic E-state index is 11.8. The second-order valence-corrected chi connectivity index (χ2v) is 8.59. The number of aryl methyl sites for hydroxylation is 2. The topological polar surface area (TPSA) is 55.3 Å². The van der Waals surface area contributed by atoms with Gasteiger partial charge in [0.05, 0.1) is 6.61 Å². The molecule has 1 amide bonds. The molecule has 25 heavy (non-hydrogen) atoms. The zero-order chi connectivity index (χ0) is 17.8. The molecule has 7 heteroatoms. The van der Waals surface area contributed by atoms with E-state index in [0.29, 0.717) is 12.6 Å². The summed E-state index contributed by atoms with van der Waals surface area (Å²) in [5.74, 6) is 1.94. The van der Waals surface area contributed by atoms with Gasteiger partial charge in [-0.3, -0.25) is 9.69 Å². The largest absolute Gasteiger partial charge is 0.493 e. The fourth-order valence-corrected chi connectivity index (χ4v) is 4.44. The van der Waals surface area contributed by atoms with Crippen LogP contribution in [0.25, 0.3) is 0 Å². The molecule has 0 aliphatic heterocycles. The van der Waals surface area contributed by atoms with Crippen LogP contribution in [-0.4, -0.2) is 34.5 Å². The maximum absolute atomic E-state index is 11.8.